The molecule has 0 radical (unpaired) electrons. The number of methoxy groups -OCH3 is 3. The summed E-state index contributed by atoms with van der Waals surface area (Å²) in [5.74, 6) is 8.13. The quantitative estimate of drug-likeness (QED) is 0.0423. The summed E-state index contributed by atoms with van der Waals surface area (Å²) in [4.78, 5) is 54.0. The summed E-state index contributed by atoms with van der Waals surface area (Å²) in [7, 11) is 4.69. The molecule has 3 unspecified atom stereocenters. The van der Waals surface area contributed by atoms with Gasteiger partial charge in [0.05, 0.1) is 44.6 Å². The Labute approximate surface area is 456 Å². The van der Waals surface area contributed by atoms with E-state index < -0.39 is 0 Å². The van der Waals surface area contributed by atoms with E-state index in [1.807, 2.05) is 48.5 Å². The van der Waals surface area contributed by atoms with E-state index >= 15 is 0 Å². The van der Waals surface area contributed by atoms with Crippen molar-refractivity contribution in [1.82, 2.24) is 19.9 Å². The van der Waals surface area contributed by atoms with E-state index in [2.05, 4.69) is 96.8 Å². The number of H-pyrrole nitrogens is 2. The predicted molar refractivity (Wildman–Crippen MR) is 303 cm³/mol. The van der Waals surface area contributed by atoms with Crippen LogP contribution in [0.2, 0.25) is 0 Å². The third kappa shape index (κ3) is 11.1. The molecule has 3 aromatic heterocycles. The highest BCUT2D eigenvalue weighted by molar-refractivity contribution is 6.11. The van der Waals surface area contributed by atoms with Crippen molar-refractivity contribution in [3.63, 3.8) is 0 Å². The number of aliphatic imine (C=N–C) groups is 2. The van der Waals surface area contributed by atoms with Gasteiger partial charge in [-0.1, -0.05) is 43.9 Å². The summed E-state index contributed by atoms with van der Waals surface area (Å²) in [5.41, 5.74) is 17.8. The Morgan fingerprint density at radius 3 is 2.36 bits per heavy atom. The Balaban J connectivity index is 0.899. The number of carbonyl (C=O) groups is 2. The summed E-state index contributed by atoms with van der Waals surface area (Å²) in [6.45, 7) is 14.9. The van der Waals surface area contributed by atoms with E-state index in [1.165, 1.54) is 24.6 Å². The fourth-order valence-electron chi connectivity index (χ4n) is 11.7. The molecule has 4 aliphatic rings. The van der Waals surface area contributed by atoms with Crippen LogP contribution in [0.25, 0.3) is 17.0 Å². The first kappa shape index (κ1) is 53.7. The molecule has 6 aromatic rings. The van der Waals surface area contributed by atoms with Crippen LogP contribution in [0.1, 0.15) is 132 Å². The van der Waals surface area contributed by atoms with E-state index in [0.29, 0.717) is 81.6 Å². The fourth-order valence-corrected chi connectivity index (χ4v) is 11.7. The third-order valence-corrected chi connectivity index (χ3v) is 15.9. The van der Waals surface area contributed by atoms with Gasteiger partial charge in [0.1, 0.15) is 25.4 Å². The molecule has 3 aromatic carbocycles. The summed E-state index contributed by atoms with van der Waals surface area (Å²) in [6.07, 6.45) is 6.79. The average Bonchev–Trinajstić information content (AvgIpc) is 4.42. The molecule has 78 heavy (non-hydrogen) atoms. The topological polar surface area (TPSA) is 184 Å². The number of ketones is 1. The van der Waals surface area contributed by atoms with Gasteiger partial charge in [-0.3, -0.25) is 19.6 Å². The Bertz CT molecular complexity index is 3480. The second-order valence-electron chi connectivity index (χ2n) is 20.7. The number of nitrogens with one attached hydrogen (secondary N) is 3. The van der Waals surface area contributed by atoms with E-state index in [4.69, 9.17) is 38.4 Å². The number of hydrogen-bond acceptors (Lipinski definition) is 13. The summed E-state index contributed by atoms with van der Waals surface area (Å²) >= 11 is 0. The van der Waals surface area contributed by atoms with Crippen molar-refractivity contribution >= 4 is 51.7 Å². The number of allylic oxidation sites excluding steroid dienone is 2. The lowest BCUT2D eigenvalue weighted by Crippen LogP contribution is -2.23. The number of hydrogen-bond donors (Lipinski definition) is 3. The van der Waals surface area contributed by atoms with Gasteiger partial charge in [-0.2, -0.15) is 0 Å². The molecule has 15 heteroatoms. The Morgan fingerprint density at radius 1 is 0.872 bits per heavy atom. The first-order valence-corrected chi connectivity index (χ1v) is 27.1. The molecular weight excluding hydrogens is 983 g/mol. The molecule has 0 fully saturated rings. The molecule has 8 bridgehead atoms. The predicted octanol–water partition coefficient (Wildman–Crippen LogP) is 11.4. The van der Waals surface area contributed by atoms with Gasteiger partial charge in [-0.25, -0.2) is 9.97 Å². The number of nitrogens with zero attached hydrogens (tertiary/aromatic N) is 4. The Kier molecular flexibility index (Phi) is 16.2. The van der Waals surface area contributed by atoms with E-state index in [9.17, 15) is 9.59 Å². The number of aromatic nitrogens is 4. The zero-order valence-electron chi connectivity index (χ0n) is 46.1. The minimum atomic E-state index is -0.274. The monoisotopic (exact) mass is 1050 g/mol. The third-order valence-electron chi connectivity index (χ3n) is 15.9. The van der Waals surface area contributed by atoms with Gasteiger partial charge in [0, 0.05) is 137 Å². The highest BCUT2D eigenvalue weighted by Crippen LogP contribution is 2.47. The molecule has 0 amide bonds. The van der Waals surface area contributed by atoms with Gasteiger partial charge >= 0.3 is 5.97 Å². The molecule has 404 valence electrons. The van der Waals surface area contributed by atoms with Crippen molar-refractivity contribution in [3.8, 4) is 23.3 Å². The van der Waals surface area contributed by atoms with Crippen LogP contribution in [-0.2, 0) is 43.2 Å². The second-order valence-corrected chi connectivity index (χ2v) is 20.7. The molecule has 15 nitrogen and oxygen atoms in total. The van der Waals surface area contributed by atoms with Crippen molar-refractivity contribution in [2.24, 2.45) is 21.8 Å². The van der Waals surface area contributed by atoms with Gasteiger partial charge in [-0.05, 0) is 111 Å². The van der Waals surface area contributed by atoms with Gasteiger partial charge < -0.3 is 43.7 Å². The standard InChI is InChI=1S/C63H69N7O8/c1-10-44-35(2)48-31-54-59(37(4)50(68-54)29-49-36(3)45(19-20-58(72)75-9)61(69-49)47-27-55(71)60-38(5)51(70-62(47)60)30-53(44)67-48)39(6)78-33-42-15-11-13-40(25-42)17-18-41-14-12-16-43(26-41)66-63-46-28-56(76-23-21-73-7)57(77-24-22-74-8)32-52(46)64-34-65-63/h11-16,25-26,28-29,32,34,36,39,45,47-48,68,70H,10,19-24,27,30-31,33H2,1-9H3,(H,64,65,66)/t36-,39?,45-,47?,48?/m0/s1. The molecule has 0 saturated carbocycles. The van der Waals surface area contributed by atoms with Crippen molar-refractivity contribution in [3.05, 3.63) is 146 Å². The molecular formula is C63H69N7O8. The number of ether oxygens (including phenoxy) is 6. The van der Waals surface area contributed by atoms with Crippen molar-refractivity contribution in [2.75, 3.05) is 53.1 Å². The van der Waals surface area contributed by atoms with Crippen LogP contribution >= 0.6 is 0 Å². The number of Topliss-reactive ketones (excluding diaryl/α,β-unsaturated/α-hetero) is 1. The maximum Gasteiger partial charge on any atom is 0.305 e. The molecule has 3 aliphatic heterocycles. The first-order chi connectivity index (χ1) is 37.8. The first-order valence-electron chi connectivity index (χ1n) is 27.1. The van der Waals surface area contributed by atoms with Crippen molar-refractivity contribution in [2.45, 2.75) is 105 Å². The zero-order valence-corrected chi connectivity index (χ0v) is 46.1. The Hall–Kier alpha value is -7.64. The molecule has 10 rings (SSSR count). The highest BCUT2D eigenvalue weighted by Gasteiger charge is 2.44. The summed E-state index contributed by atoms with van der Waals surface area (Å²) < 4.78 is 34.4. The fraction of sp³-hybridized carbons (Fsp3) is 0.397. The van der Waals surface area contributed by atoms with Crippen LogP contribution < -0.4 is 14.8 Å². The average molecular weight is 1050 g/mol. The Morgan fingerprint density at radius 2 is 1.62 bits per heavy atom. The van der Waals surface area contributed by atoms with Gasteiger partial charge in [0.15, 0.2) is 17.3 Å². The molecule has 0 saturated heterocycles. The van der Waals surface area contributed by atoms with Crippen molar-refractivity contribution < 1.29 is 38.0 Å². The minimum Gasteiger partial charge on any atom is -0.487 e. The van der Waals surface area contributed by atoms with E-state index in [1.54, 1.807) is 14.2 Å². The van der Waals surface area contributed by atoms with E-state index in [0.717, 1.165) is 96.3 Å². The normalized spacial score (nSPS) is 18.8. The zero-order chi connectivity index (χ0) is 54.6. The van der Waals surface area contributed by atoms with Gasteiger partial charge in [0.2, 0.25) is 0 Å². The van der Waals surface area contributed by atoms with Crippen molar-refractivity contribution in [1.29, 1.82) is 0 Å². The van der Waals surface area contributed by atoms with Crippen LogP contribution in [0.5, 0.6) is 11.5 Å². The van der Waals surface area contributed by atoms with Crippen LogP contribution in [0.4, 0.5) is 11.5 Å². The van der Waals surface area contributed by atoms with Crippen LogP contribution in [-0.4, -0.2) is 96.9 Å². The van der Waals surface area contributed by atoms with Crippen LogP contribution in [0, 0.1) is 37.5 Å². The van der Waals surface area contributed by atoms with Gasteiger partial charge in [-0.15, -0.1) is 0 Å². The van der Waals surface area contributed by atoms with Crippen LogP contribution in [0.3, 0.4) is 0 Å². The SMILES string of the molecule is CCC1=C(C)C2Cc3[nH]c(c(C)c3C(C)OCc3cccc(C#Cc4cccc(Nc5ncnc6cc(OCCOC)c(OCCOC)cc56)c4)c3)C=C3N=C(C4CC(=O)c5c4[nH]c(c5C)CC1=N2)[C@@H](CCC(=O)OC)[C@@H]3C. The number of carbonyl (C=O) groups excluding carboxylic acids is 2. The lowest BCUT2D eigenvalue weighted by atomic mass is 9.81. The number of benzene rings is 3. The maximum atomic E-state index is 13.9. The molecule has 5 atom stereocenters. The lowest BCUT2D eigenvalue weighted by Gasteiger charge is -2.21. The number of anilines is 2. The highest BCUT2D eigenvalue weighted by atomic mass is 16.5. The molecule has 0 spiro atoms. The van der Waals surface area contributed by atoms with Crippen LogP contribution in [0.15, 0.2) is 93.8 Å². The van der Waals surface area contributed by atoms with E-state index in [-0.39, 0.29) is 48.1 Å². The van der Waals surface area contributed by atoms with Gasteiger partial charge in [0.25, 0.3) is 0 Å². The molecule has 1 aliphatic carbocycles. The number of rotatable bonds is 18. The minimum absolute atomic E-state index is 0.00134. The summed E-state index contributed by atoms with van der Waals surface area (Å²) in [6, 6.07) is 19.8. The molecule has 3 N–H and O–H groups in total. The summed E-state index contributed by atoms with van der Waals surface area (Å²) in [5, 5.41) is 4.24. The largest absolute Gasteiger partial charge is 0.487 e. The molecule has 6 heterocycles. The number of aromatic amines is 2. The number of fused-ring (bicyclic) bond motifs is 7. The smallest absolute Gasteiger partial charge is 0.305 e. The number of esters is 1. The second kappa shape index (κ2) is 23.5. The maximum absolute atomic E-state index is 13.9. The lowest BCUT2D eigenvalue weighted by molar-refractivity contribution is -0.140.